The van der Waals surface area contributed by atoms with Crippen LogP contribution in [0.25, 0.3) is 11.0 Å². The molecule has 1 heterocycles. The van der Waals surface area contributed by atoms with E-state index in [1.54, 1.807) is 19.1 Å². The summed E-state index contributed by atoms with van der Waals surface area (Å²) in [6, 6.07) is 8.13. The lowest BCUT2D eigenvalue weighted by Crippen LogP contribution is -2.11. The molecule has 3 aromatic rings. The van der Waals surface area contributed by atoms with Crippen LogP contribution in [-0.4, -0.2) is 29.7 Å². The maximum atomic E-state index is 14.7. The Morgan fingerprint density at radius 2 is 1.96 bits per heavy atom. The molecule has 0 fully saturated rings. The minimum atomic E-state index is -0.984. The molecule has 0 radical (unpaired) electrons. The Morgan fingerprint density at radius 3 is 2.65 bits per heavy atom. The van der Waals surface area contributed by atoms with Crippen LogP contribution in [0.1, 0.15) is 17.3 Å². The molecule has 0 saturated heterocycles. The lowest BCUT2D eigenvalue weighted by atomic mass is 10.2. The van der Waals surface area contributed by atoms with Crippen molar-refractivity contribution in [2.75, 3.05) is 13.7 Å². The standard InChI is InChI=1S/C18H14F2N2O3S/c1-3-25-18(23)15-10(19)8-13(16(20)17(15)24-2)26-14-9-21-11-6-4-5-7-12(11)22-14/h4-9H,3H2,1-2H3. The lowest BCUT2D eigenvalue weighted by molar-refractivity contribution is 0.0515. The predicted octanol–water partition coefficient (Wildman–Crippen LogP) is 4.24. The van der Waals surface area contributed by atoms with Gasteiger partial charge in [-0.3, -0.25) is 4.98 Å². The second-order valence-electron chi connectivity index (χ2n) is 5.10. The number of carbonyl (C=O) groups excluding carboxylic acids is 1. The van der Waals surface area contributed by atoms with Gasteiger partial charge in [0.1, 0.15) is 16.4 Å². The molecule has 0 spiro atoms. The molecule has 0 aliphatic heterocycles. The number of para-hydroxylation sites is 2. The zero-order valence-electron chi connectivity index (χ0n) is 14.0. The van der Waals surface area contributed by atoms with E-state index in [1.807, 2.05) is 12.1 Å². The molecule has 0 bridgehead atoms. The number of fused-ring (bicyclic) bond motifs is 1. The summed E-state index contributed by atoms with van der Waals surface area (Å²) in [6.45, 7) is 1.60. The van der Waals surface area contributed by atoms with Crippen LogP contribution in [0.5, 0.6) is 5.75 Å². The molecule has 134 valence electrons. The Labute approximate surface area is 152 Å². The van der Waals surface area contributed by atoms with E-state index < -0.39 is 28.9 Å². The van der Waals surface area contributed by atoms with Gasteiger partial charge in [-0.25, -0.2) is 18.6 Å². The molecular formula is C18H14F2N2O3S. The Kier molecular flexibility index (Phi) is 5.32. The van der Waals surface area contributed by atoms with Gasteiger partial charge >= 0.3 is 5.97 Å². The number of rotatable bonds is 5. The highest BCUT2D eigenvalue weighted by atomic mass is 32.2. The minimum Gasteiger partial charge on any atom is -0.493 e. The zero-order chi connectivity index (χ0) is 18.7. The number of esters is 1. The van der Waals surface area contributed by atoms with Gasteiger partial charge in [-0.2, -0.15) is 0 Å². The molecule has 0 atom stereocenters. The maximum absolute atomic E-state index is 14.7. The van der Waals surface area contributed by atoms with E-state index in [2.05, 4.69) is 9.97 Å². The fourth-order valence-electron chi connectivity index (χ4n) is 2.34. The molecule has 0 aliphatic rings. The smallest absolute Gasteiger partial charge is 0.345 e. The van der Waals surface area contributed by atoms with Crippen molar-refractivity contribution in [3.05, 3.63) is 53.7 Å². The maximum Gasteiger partial charge on any atom is 0.345 e. The molecule has 1 aromatic heterocycles. The molecule has 0 N–H and O–H groups in total. The van der Waals surface area contributed by atoms with Crippen LogP contribution in [0, 0.1) is 11.6 Å². The molecule has 2 aromatic carbocycles. The molecule has 3 rings (SSSR count). The Morgan fingerprint density at radius 1 is 1.23 bits per heavy atom. The first-order chi connectivity index (χ1) is 12.5. The molecular weight excluding hydrogens is 362 g/mol. The van der Waals surface area contributed by atoms with E-state index in [9.17, 15) is 13.6 Å². The first-order valence-corrected chi connectivity index (χ1v) is 8.49. The van der Waals surface area contributed by atoms with Crippen LogP contribution in [0.4, 0.5) is 8.78 Å². The summed E-state index contributed by atoms with van der Waals surface area (Å²) in [5.74, 6) is -3.28. The van der Waals surface area contributed by atoms with E-state index >= 15 is 0 Å². The molecule has 26 heavy (non-hydrogen) atoms. The summed E-state index contributed by atoms with van der Waals surface area (Å²) in [7, 11) is 1.16. The molecule has 0 aliphatic carbocycles. The van der Waals surface area contributed by atoms with Crippen LogP contribution in [0.15, 0.2) is 46.5 Å². The van der Waals surface area contributed by atoms with E-state index in [0.29, 0.717) is 16.1 Å². The van der Waals surface area contributed by atoms with E-state index in [-0.39, 0.29) is 11.5 Å². The van der Waals surface area contributed by atoms with Gasteiger partial charge in [0.15, 0.2) is 11.6 Å². The Balaban J connectivity index is 2.01. The van der Waals surface area contributed by atoms with Crippen molar-refractivity contribution in [2.24, 2.45) is 0 Å². The molecule has 0 saturated carbocycles. The summed E-state index contributed by atoms with van der Waals surface area (Å²) >= 11 is 0.886. The first kappa shape index (κ1) is 18.1. The van der Waals surface area contributed by atoms with Crippen molar-refractivity contribution in [2.45, 2.75) is 16.8 Å². The second-order valence-corrected chi connectivity index (χ2v) is 6.16. The SMILES string of the molecule is CCOC(=O)c1c(F)cc(Sc2cnc3ccccc3n2)c(F)c1OC. The Hall–Kier alpha value is -2.74. The minimum absolute atomic E-state index is 0.0340. The third-order valence-corrected chi connectivity index (χ3v) is 4.39. The van der Waals surface area contributed by atoms with Crippen molar-refractivity contribution in [1.29, 1.82) is 0 Å². The van der Waals surface area contributed by atoms with Crippen molar-refractivity contribution in [3.8, 4) is 5.75 Å². The number of hydrogen-bond donors (Lipinski definition) is 0. The van der Waals surface area contributed by atoms with Crippen LogP contribution in [-0.2, 0) is 4.74 Å². The average molecular weight is 376 g/mol. The van der Waals surface area contributed by atoms with Gasteiger partial charge in [0.2, 0.25) is 0 Å². The van der Waals surface area contributed by atoms with Crippen LogP contribution in [0.3, 0.4) is 0 Å². The molecule has 8 heteroatoms. The van der Waals surface area contributed by atoms with Gasteiger partial charge in [0, 0.05) is 0 Å². The predicted molar refractivity (Wildman–Crippen MR) is 92.5 cm³/mol. The molecule has 0 unspecified atom stereocenters. The number of nitrogens with zero attached hydrogens (tertiary/aromatic N) is 2. The van der Waals surface area contributed by atoms with Crippen molar-refractivity contribution in [3.63, 3.8) is 0 Å². The highest BCUT2D eigenvalue weighted by molar-refractivity contribution is 7.99. The number of halogens is 2. The largest absolute Gasteiger partial charge is 0.493 e. The summed E-state index contributed by atoms with van der Waals surface area (Å²) < 4.78 is 38.8. The number of methoxy groups -OCH3 is 1. The third kappa shape index (κ3) is 3.45. The topological polar surface area (TPSA) is 61.3 Å². The quantitative estimate of drug-likeness (QED) is 0.621. The number of ether oxygens (including phenoxy) is 2. The summed E-state index contributed by atoms with van der Waals surface area (Å²) in [5.41, 5.74) is 0.757. The highest BCUT2D eigenvalue weighted by Crippen LogP contribution is 2.37. The van der Waals surface area contributed by atoms with Crippen LogP contribution >= 0.6 is 11.8 Å². The number of aromatic nitrogens is 2. The fourth-order valence-corrected chi connectivity index (χ4v) is 3.16. The summed E-state index contributed by atoms with van der Waals surface area (Å²) in [6.07, 6.45) is 1.47. The Bertz CT molecular complexity index is 982. The van der Waals surface area contributed by atoms with Crippen molar-refractivity contribution < 1.29 is 23.0 Å². The molecule has 0 amide bonds. The van der Waals surface area contributed by atoms with Crippen molar-refractivity contribution >= 4 is 28.8 Å². The van der Waals surface area contributed by atoms with Gasteiger partial charge in [-0.15, -0.1) is 0 Å². The van der Waals surface area contributed by atoms with Gasteiger partial charge in [0.05, 0.1) is 35.8 Å². The van der Waals surface area contributed by atoms with Gasteiger partial charge in [-0.1, -0.05) is 23.9 Å². The van der Waals surface area contributed by atoms with Crippen LogP contribution in [0.2, 0.25) is 0 Å². The normalized spacial score (nSPS) is 10.8. The summed E-state index contributed by atoms with van der Waals surface area (Å²) in [4.78, 5) is 20.4. The van der Waals surface area contributed by atoms with Crippen molar-refractivity contribution in [1.82, 2.24) is 9.97 Å². The highest BCUT2D eigenvalue weighted by Gasteiger charge is 2.26. The lowest BCUT2D eigenvalue weighted by Gasteiger charge is -2.13. The van der Waals surface area contributed by atoms with Gasteiger partial charge in [-0.05, 0) is 25.1 Å². The third-order valence-electron chi connectivity index (χ3n) is 3.46. The first-order valence-electron chi connectivity index (χ1n) is 7.68. The second kappa shape index (κ2) is 7.65. The van der Waals surface area contributed by atoms with E-state index in [1.165, 1.54) is 6.20 Å². The fraction of sp³-hybridized carbons (Fsp3) is 0.167. The van der Waals surface area contributed by atoms with Gasteiger partial charge < -0.3 is 9.47 Å². The molecule has 5 nitrogen and oxygen atoms in total. The van der Waals surface area contributed by atoms with E-state index in [4.69, 9.17) is 9.47 Å². The van der Waals surface area contributed by atoms with Gasteiger partial charge in [0.25, 0.3) is 0 Å². The number of carbonyl (C=O) groups is 1. The number of benzene rings is 2. The number of hydrogen-bond acceptors (Lipinski definition) is 6. The summed E-state index contributed by atoms with van der Waals surface area (Å²) in [5, 5.41) is 0.382. The van der Waals surface area contributed by atoms with Crippen LogP contribution < -0.4 is 4.74 Å². The van der Waals surface area contributed by atoms with E-state index in [0.717, 1.165) is 24.9 Å². The average Bonchev–Trinajstić information content (AvgIpc) is 2.64. The zero-order valence-corrected chi connectivity index (χ0v) is 14.8. The monoisotopic (exact) mass is 376 g/mol.